The standard InChI is InChI=1S/C13H19BrN2/c1-2-5-15-10-13(3-4-13)7-11-6-12(14)9-16-8-11/h6,8-9,15H,2-5,7,10H2,1H3. The lowest BCUT2D eigenvalue weighted by Gasteiger charge is -2.15. The van der Waals surface area contributed by atoms with Gasteiger partial charge < -0.3 is 5.32 Å². The minimum Gasteiger partial charge on any atom is -0.316 e. The number of hydrogen-bond acceptors (Lipinski definition) is 2. The van der Waals surface area contributed by atoms with Gasteiger partial charge in [0, 0.05) is 23.4 Å². The summed E-state index contributed by atoms with van der Waals surface area (Å²) in [6.07, 6.45) is 8.93. The van der Waals surface area contributed by atoms with E-state index >= 15 is 0 Å². The maximum absolute atomic E-state index is 4.23. The molecule has 0 bridgehead atoms. The molecule has 1 heterocycles. The van der Waals surface area contributed by atoms with Gasteiger partial charge in [-0.05, 0) is 65.2 Å². The van der Waals surface area contributed by atoms with Gasteiger partial charge in [0.25, 0.3) is 0 Å². The molecule has 1 aliphatic carbocycles. The second kappa shape index (κ2) is 5.28. The van der Waals surface area contributed by atoms with Crippen LogP contribution >= 0.6 is 15.9 Å². The fourth-order valence-corrected chi connectivity index (χ4v) is 2.52. The van der Waals surface area contributed by atoms with Gasteiger partial charge in [0.1, 0.15) is 0 Å². The van der Waals surface area contributed by atoms with Gasteiger partial charge in [-0.15, -0.1) is 0 Å². The van der Waals surface area contributed by atoms with Crippen LogP contribution in [-0.4, -0.2) is 18.1 Å². The Morgan fingerprint density at radius 1 is 1.44 bits per heavy atom. The highest BCUT2D eigenvalue weighted by Gasteiger charge is 2.41. The molecule has 1 N–H and O–H groups in total. The van der Waals surface area contributed by atoms with E-state index in [4.69, 9.17) is 0 Å². The Kier molecular flexibility index (Phi) is 3.98. The summed E-state index contributed by atoms with van der Waals surface area (Å²) in [6, 6.07) is 2.19. The summed E-state index contributed by atoms with van der Waals surface area (Å²) in [5.41, 5.74) is 1.88. The molecule has 1 fully saturated rings. The maximum atomic E-state index is 4.23. The number of rotatable bonds is 6. The zero-order valence-electron chi connectivity index (χ0n) is 9.80. The molecule has 1 aliphatic rings. The molecule has 0 aromatic carbocycles. The van der Waals surface area contributed by atoms with Crippen LogP contribution in [-0.2, 0) is 6.42 Å². The van der Waals surface area contributed by atoms with Crippen molar-refractivity contribution in [1.82, 2.24) is 10.3 Å². The average molecular weight is 283 g/mol. The molecule has 0 aliphatic heterocycles. The van der Waals surface area contributed by atoms with Crippen LogP contribution in [0.1, 0.15) is 31.7 Å². The molecule has 0 atom stereocenters. The third kappa shape index (κ3) is 3.29. The number of halogens is 1. The van der Waals surface area contributed by atoms with Crippen molar-refractivity contribution in [3.63, 3.8) is 0 Å². The highest BCUT2D eigenvalue weighted by Crippen LogP contribution is 2.47. The zero-order valence-corrected chi connectivity index (χ0v) is 11.4. The lowest BCUT2D eigenvalue weighted by Crippen LogP contribution is -2.26. The Balaban J connectivity index is 1.89. The van der Waals surface area contributed by atoms with E-state index in [1.54, 1.807) is 0 Å². The van der Waals surface area contributed by atoms with E-state index in [0.29, 0.717) is 5.41 Å². The molecule has 16 heavy (non-hydrogen) atoms. The van der Waals surface area contributed by atoms with Gasteiger partial charge in [-0.25, -0.2) is 0 Å². The zero-order chi connectivity index (χ0) is 11.4. The SMILES string of the molecule is CCCNCC1(Cc2cncc(Br)c2)CC1. The fraction of sp³-hybridized carbons (Fsp3) is 0.615. The van der Waals surface area contributed by atoms with Crippen LogP contribution in [0, 0.1) is 5.41 Å². The number of nitrogens with zero attached hydrogens (tertiary/aromatic N) is 1. The topological polar surface area (TPSA) is 24.9 Å². The van der Waals surface area contributed by atoms with Gasteiger partial charge in [-0.2, -0.15) is 0 Å². The first-order valence-corrected chi connectivity index (χ1v) is 6.84. The van der Waals surface area contributed by atoms with Crippen LogP contribution in [0.15, 0.2) is 22.9 Å². The third-order valence-electron chi connectivity index (χ3n) is 3.22. The molecule has 3 heteroatoms. The van der Waals surface area contributed by atoms with E-state index in [-0.39, 0.29) is 0 Å². The Morgan fingerprint density at radius 3 is 2.88 bits per heavy atom. The van der Waals surface area contributed by atoms with E-state index < -0.39 is 0 Å². The second-order valence-corrected chi connectivity index (χ2v) is 5.78. The molecule has 88 valence electrons. The lowest BCUT2D eigenvalue weighted by atomic mass is 9.97. The van der Waals surface area contributed by atoms with Gasteiger partial charge in [-0.3, -0.25) is 4.98 Å². The summed E-state index contributed by atoms with van der Waals surface area (Å²) in [7, 11) is 0. The van der Waals surface area contributed by atoms with Crippen molar-refractivity contribution in [3.8, 4) is 0 Å². The Labute approximate surface area is 106 Å². The first kappa shape index (κ1) is 12.1. The molecule has 2 rings (SSSR count). The summed E-state index contributed by atoms with van der Waals surface area (Å²) in [4.78, 5) is 4.23. The van der Waals surface area contributed by atoms with Crippen LogP contribution in [0.5, 0.6) is 0 Å². The van der Waals surface area contributed by atoms with E-state index in [9.17, 15) is 0 Å². The molecular weight excluding hydrogens is 264 g/mol. The molecule has 0 saturated heterocycles. The number of pyridine rings is 1. The van der Waals surface area contributed by atoms with Crippen molar-refractivity contribution < 1.29 is 0 Å². The van der Waals surface area contributed by atoms with Crippen molar-refractivity contribution in [2.45, 2.75) is 32.6 Å². The largest absolute Gasteiger partial charge is 0.316 e. The van der Waals surface area contributed by atoms with Crippen LogP contribution in [0.25, 0.3) is 0 Å². The average Bonchev–Trinajstić information content (AvgIpc) is 2.99. The van der Waals surface area contributed by atoms with Crippen LogP contribution in [0.4, 0.5) is 0 Å². The van der Waals surface area contributed by atoms with Gasteiger partial charge in [0.2, 0.25) is 0 Å². The Hall–Kier alpha value is -0.410. The molecule has 1 aromatic heterocycles. The monoisotopic (exact) mass is 282 g/mol. The molecule has 1 aromatic rings. The van der Waals surface area contributed by atoms with E-state index in [0.717, 1.165) is 24.0 Å². The van der Waals surface area contributed by atoms with Gasteiger partial charge in [-0.1, -0.05) is 6.92 Å². The fourth-order valence-electron chi connectivity index (χ4n) is 2.11. The van der Waals surface area contributed by atoms with Gasteiger partial charge in [0.15, 0.2) is 0 Å². The summed E-state index contributed by atoms with van der Waals surface area (Å²) >= 11 is 3.48. The van der Waals surface area contributed by atoms with Crippen molar-refractivity contribution in [2.24, 2.45) is 5.41 Å². The third-order valence-corrected chi connectivity index (χ3v) is 3.66. The predicted molar refractivity (Wildman–Crippen MR) is 70.5 cm³/mol. The summed E-state index contributed by atoms with van der Waals surface area (Å²) in [6.45, 7) is 4.51. The van der Waals surface area contributed by atoms with Crippen molar-refractivity contribution in [2.75, 3.05) is 13.1 Å². The maximum Gasteiger partial charge on any atom is 0.0410 e. The Bertz CT molecular complexity index is 348. The highest BCUT2D eigenvalue weighted by atomic mass is 79.9. The van der Waals surface area contributed by atoms with E-state index in [1.807, 2.05) is 12.4 Å². The van der Waals surface area contributed by atoms with Crippen molar-refractivity contribution >= 4 is 15.9 Å². The normalized spacial score (nSPS) is 17.4. The minimum atomic E-state index is 0.525. The smallest absolute Gasteiger partial charge is 0.0410 e. The first-order chi connectivity index (χ1) is 7.74. The van der Waals surface area contributed by atoms with E-state index in [1.165, 1.54) is 24.8 Å². The molecule has 2 nitrogen and oxygen atoms in total. The van der Waals surface area contributed by atoms with Crippen LogP contribution < -0.4 is 5.32 Å². The lowest BCUT2D eigenvalue weighted by molar-refractivity contribution is 0.455. The Morgan fingerprint density at radius 2 is 2.25 bits per heavy atom. The number of aromatic nitrogens is 1. The van der Waals surface area contributed by atoms with Crippen molar-refractivity contribution in [1.29, 1.82) is 0 Å². The first-order valence-electron chi connectivity index (χ1n) is 6.04. The minimum absolute atomic E-state index is 0.525. The molecule has 1 saturated carbocycles. The summed E-state index contributed by atoms with van der Waals surface area (Å²) in [5, 5.41) is 3.54. The molecule has 0 amide bonds. The number of nitrogens with one attached hydrogen (secondary N) is 1. The highest BCUT2D eigenvalue weighted by molar-refractivity contribution is 9.10. The van der Waals surface area contributed by atoms with Crippen LogP contribution in [0.3, 0.4) is 0 Å². The second-order valence-electron chi connectivity index (χ2n) is 4.86. The number of hydrogen-bond donors (Lipinski definition) is 1. The van der Waals surface area contributed by atoms with E-state index in [2.05, 4.69) is 39.2 Å². The predicted octanol–water partition coefficient (Wildman–Crippen LogP) is 3.17. The van der Waals surface area contributed by atoms with Crippen LogP contribution in [0.2, 0.25) is 0 Å². The quantitative estimate of drug-likeness (QED) is 0.811. The summed E-state index contributed by atoms with van der Waals surface area (Å²) in [5.74, 6) is 0. The molecule has 0 unspecified atom stereocenters. The molecule has 0 radical (unpaired) electrons. The van der Waals surface area contributed by atoms with Gasteiger partial charge >= 0.3 is 0 Å². The van der Waals surface area contributed by atoms with Gasteiger partial charge in [0.05, 0.1) is 0 Å². The van der Waals surface area contributed by atoms with Crippen molar-refractivity contribution in [3.05, 3.63) is 28.5 Å². The molecule has 0 spiro atoms. The molecular formula is C13H19BrN2. The summed E-state index contributed by atoms with van der Waals surface area (Å²) < 4.78 is 1.09.